The van der Waals surface area contributed by atoms with Crippen LogP contribution in [-0.4, -0.2) is 39.2 Å². The average molecular weight is 267 g/mol. The second kappa shape index (κ2) is 7.25. The second-order valence-electron chi connectivity index (χ2n) is 3.80. The highest BCUT2D eigenvalue weighted by Crippen LogP contribution is 2.27. The number of nitrogens with one attached hydrogen (secondary N) is 1. The highest BCUT2D eigenvalue weighted by molar-refractivity contribution is 5.82. The van der Waals surface area contributed by atoms with Crippen molar-refractivity contribution in [3.05, 3.63) is 23.8 Å². The normalized spacial score (nSPS) is 9.63. The maximum absolute atomic E-state index is 11.4. The van der Waals surface area contributed by atoms with Gasteiger partial charge < -0.3 is 19.5 Å². The van der Waals surface area contributed by atoms with Gasteiger partial charge in [-0.15, -0.1) is 0 Å². The lowest BCUT2D eigenvalue weighted by Crippen LogP contribution is -2.33. The van der Waals surface area contributed by atoms with Crippen molar-refractivity contribution in [1.82, 2.24) is 5.32 Å². The Morgan fingerprint density at radius 1 is 1.21 bits per heavy atom. The van der Waals surface area contributed by atoms with E-state index >= 15 is 0 Å². The third kappa shape index (κ3) is 4.87. The molecule has 0 heterocycles. The van der Waals surface area contributed by atoms with Gasteiger partial charge in [0.1, 0.15) is 6.54 Å². The largest absolute Gasteiger partial charge is 0.493 e. The third-order valence-electron chi connectivity index (χ3n) is 2.34. The van der Waals surface area contributed by atoms with Crippen molar-refractivity contribution in [2.45, 2.75) is 6.92 Å². The number of aryl methyl sites for hydroxylation is 1. The van der Waals surface area contributed by atoms with E-state index in [-0.39, 0.29) is 13.2 Å². The highest BCUT2D eigenvalue weighted by atomic mass is 16.5. The standard InChI is InChI=1S/C13H17NO5/c1-9-4-5-10(11(6-9)17-2)19-8-12(15)14-7-13(16)18-3/h4-6H,7-8H2,1-3H3,(H,14,15). The molecule has 0 spiro atoms. The summed E-state index contributed by atoms with van der Waals surface area (Å²) in [5, 5.41) is 2.37. The van der Waals surface area contributed by atoms with Crippen LogP contribution in [0.1, 0.15) is 5.56 Å². The molecule has 6 nitrogen and oxygen atoms in total. The number of rotatable bonds is 6. The number of amides is 1. The molecule has 1 aromatic carbocycles. The maximum atomic E-state index is 11.4. The van der Waals surface area contributed by atoms with E-state index in [4.69, 9.17) is 9.47 Å². The smallest absolute Gasteiger partial charge is 0.325 e. The van der Waals surface area contributed by atoms with Crippen molar-refractivity contribution >= 4 is 11.9 Å². The number of ether oxygens (including phenoxy) is 3. The molecule has 0 radical (unpaired) electrons. The molecule has 6 heteroatoms. The number of hydrogen-bond donors (Lipinski definition) is 1. The minimum atomic E-state index is -0.513. The van der Waals surface area contributed by atoms with Crippen LogP contribution in [0.4, 0.5) is 0 Å². The van der Waals surface area contributed by atoms with Gasteiger partial charge in [0.15, 0.2) is 18.1 Å². The lowest BCUT2D eigenvalue weighted by molar-refractivity contribution is -0.141. The first kappa shape index (κ1) is 14.8. The SMILES string of the molecule is COC(=O)CNC(=O)COc1ccc(C)cc1OC. The number of hydrogen-bond acceptors (Lipinski definition) is 5. The topological polar surface area (TPSA) is 73.9 Å². The first-order valence-electron chi connectivity index (χ1n) is 5.67. The molecule has 1 N–H and O–H groups in total. The molecule has 0 saturated heterocycles. The van der Waals surface area contributed by atoms with Crippen molar-refractivity contribution in [1.29, 1.82) is 0 Å². The van der Waals surface area contributed by atoms with E-state index in [1.807, 2.05) is 19.1 Å². The first-order chi connectivity index (χ1) is 9.06. The fraction of sp³-hybridized carbons (Fsp3) is 0.385. The summed E-state index contributed by atoms with van der Waals surface area (Å²) in [4.78, 5) is 22.2. The first-order valence-corrected chi connectivity index (χ1v) is 5.67. The summed E-state index contributed by atoms with van der Waals surface area (Å²) >= 11 is 0. The van der Waals surface area contributed by atoms with Gasteiger partial charge in [0.25, 0.3) is 5.91 Å². The predicted octanol–water partition coefficient (Wildman–Crippen LogP) is 0.672. The predicted molar refractivity (Wildman–Crippen MR) is 68.3 cm³/mol. The molecule has 1 rings (SSSR count). The van der Waals surface area contributed by atoms with Crippen molar-refractivity contribution in [2.24, 2.45) is 0 Å². The van der Waals surface area contributed by atoms with Crippen LogP contribution in [0.3, 0.4) is 0 Å². The molecule has 0 aliphatic heterocycles. The molecule has 0 aromatic heterocycles. The minimum Gasteiger partial charge on any atom is -0.493 e. The van der Waals surface area contributed by atoms with Crippen LogP contribution in [-0.2, 0) is 14.3 Å². The van der Waals surface area contributed by atoms with Crippen molar-refractivity contribution in [3.63, 3.8) is 0 Å². The van der Waals surface area contributed by atoms with E-state index in [0.29, 0.717) is 11.5 Å². The van der Waals surface area contributed by atoms with Gasteiger partial charge in [-0.3, -0.25) is 9.59 Å². The quantitative estimate of drug-likeness (QED) is 0.767. The zero-order valence-electron chi connectivity index (χ0n) is 11.2. The molecule has 0 atom stereocenters. The molecule has 104 valence electrons. The highest BCUT2D eigenvalue weighted by Gasteiger charge is 2.09. The van der Waals surface area contributed by atoms with Crippen LogP contribution in [0.5, 0.6) is 11.5 Å². The Labute approximate surface area is 111 Å². The zero-order valence-corrected chi connectivity index (χ0v) is 11.2. The number of carbonyl (C=O) groups is 2. The number of methoxy groups -OCH3 is 2. The summed E-state index contributed by atoms with van der Waals surface area (Å²) in [5.74, 6) is 0.108. The van der Waals surface area contributed by atoms with Crippen LogP contribution < -0.4 is 14.8 Å². The van der Waals surface area contributed by atoms with Crippen molar-refractivity contribution in [2.75, 3.05) is 27.4 Å². The van der Waals surface area contributed by atoms with Gasteiger partial charge in [-0.25, -0.2) is 0 Å². The van der Waals surface area contributed by atoms with E-state index < -0.39 is 11.9 Å². The second-order valence-corrected chi connectivity index (χ2v) is 3.80. The Morgan fingerprint density at radius 2 is 1.95 bits per heavy atom. The molecule has 1 aromatic rings. The molecule has 19 heavy (non-hydrogen) atoms. The summed E-state index contributed by atoms with van der Waals surface area (Å²) in [6.07, 6.45) is 0. The van der Waals surface area contributed by atoms with Gasteiger partial charge in [0.2, 0.25) is 0 Å². The van der Waals surface area contributed by atoms with Gasteiger partial charge in [0.05, 0.1) is 14.2 Å². The van der Waals surface area contributed by atoms with Gasteiger partial charge in [0, 0.05) is 0 Å². The lowest BCUT2D eigenvalue weighted by atomic mass is 10.2. The van der Waals surface area contributed by atoms with Crippen LogP contribution in [0, 0.1) is 6.92 Å². The molecule has 0 saturated carbocycles. The molecule has 0 unspecified atom stereocenters. The van der Waals surface area contributed by atoms with Crippen molar-refractivity contribution < 1.29 is 23.8 Å². The fourth-order valence-electron chi connectivity index (χ4n) is 1.33. The average Bonchev–Trinajstić information content (AvgIpc) is 2.43. The number of carbonyl (C=O) groups excluding carboxylic acids is 2. The molecule has 0 bridgehead atoms. The summed E-state index contributed by atoms with van der Waals surface area (Å²) in [6, 6.07) is 5.38. The molecular weight excluding hydrogens is 250 g/mol. The van der Waals surface area contributed by atoms with E-state index in [0.717, 1.165) is 5.56 Å². The van der Waals surface area contributed by atoms with Gasteiger partial charge in [-0.1, -0.05) is 6.07 Å². The Bertz CT molecular complexity index is 458. The Kier molecular flexibility index (Phi) is 5.66. The lowest BCUT2D eigenvalue weighted by Gasteiger charge is -2.11. The number of esters is 1. The third-order valence-corrected chi connectivity index (χ3v) is 2.34. The van der Waals surface area contributed by atoms with E-state index in [1.165, 1.54) is 14.2 Å². The zero-order chi connectivity index (χ0) is 14.3. The monoisotopic (exact) mass is 267 g/mol. The van der Waals surface area contributed by atoms with Crippen LogP contribution in [0.25, 0.3) is 0 Å². The maximum Gasteiger partial charge on any atom is 0.325 e. The molecule has 0 aliphatic rings. The Balaban J connectivity index is 2.48. The molecular formula is C13H17NO5. The van der Waals surface area contributed by atoms with E-state index in [9.17, 15) is 9.59 Å². The summed E-state index contributed by atoms with van der Waals surface area (Å²) < 4.78 is 14.9. The van der Waals surface area contributed by atoms with Crippen LogP contribution in [0.15, 0.2) is 18.2 Å². The van der Waals surface area contributed by atoms with Gasteiger partial charge in [-0.2, -0.15) is 0 Å². The molecule has 1 amide bonds. The summed E-state index contributed by atoms with van der Waals surface area (Å²) in [7, 11) is 2.78. The Hall–Kier alpha value is -2.24. The summed E-state index contributed by atoms with van der Waals surface area (Å²) in [5.41, 5.74) is 1.03. The number of benzene rings is 1. The summed E-state index contributed by atoms with van der Waals surface area (Å²) in [6.45, 7) is 1.55. The van der Waals surface area contributed by atoms with Crippen molar-refractivity contribution in [3.8, 4) is 11.5 Å². The fourth-order valence-corrected chi connectivity index (χ4v) is 1.33. The van der Waals surface area contributed by atoms with Crippen LogP contribution >= 0.6 is 0 Å². The Morgan fingerprint density at radius 3 is 2.58 bits per heavy atom. The molecule has 0 fully saturated rings. The van der Waals surface area contributed by atoms with E-state index in [1.54, 1.807) is 6.07 Å². The van der Waals surface area contributed by atoms with Gasteiger partial charge in [-0.05, 0) is 24.6 Å². The molecule has 0 aliphatic carbocycles. The van der Waals surface area contributed by atoms with Crippen LogP contribution in [0.2, 0.25) is 0 Å². The minimum absolute atomic E-state index is 0.177. The van der Waals surface area contributed by atoms with E-state index in [2.05, 4.69) is 10.1 Å². The van der Waals surface area contributed by atoms with Gasteiger partial charge >= 0.3 is 5.97 Å².